The molecule has 3 heterocycles. The number of carbonyl (C=O) groups is 1. The minimum atomic E-state index is -1.06. The highest BCUT2D eigenvalue weighted by molar-refractivity contribution is 5.98. The molecule has 6 rings (SSSR count). The van der Waals surface area contributed by atoms with Crippen molar-refractivity contribution in [2.24, 2.45) is 0 Å². The van der Waals surface area contributed by atoms with E-state index in [1.54, 1.807) is 32.5 Å². The Morgan fingerprint density at radius 1 is 1.20 bits per heavy atom. The van der Waals surface area contributed by atoms with E-state index in [-0.39, 0.29) is 36.1 Å². The molecule has 1 amide bonds. The summed E-state index contributed by atoms with van der Waals surface area (Å²) in [5.41, 5.74) is 1.03. The highest BCUT2D eigenvalue weighted by Crippen LogP contribution is 2.41. The molecule has 1 aliphatic carbocycles. The van der Waals surface area contributed by atoms with Crippen molar-refractivity contribution in [3.63, 3.8) is 0 Å². The molecule has 2 N–H and O–H groups in total. The zero-order valence-corrected chi connectivity index (χ0v) is 25.6. The number of methoxy groups -OCH3 is 1. The van der Waals surface area contributed by atoms with Gasteiger partial charge < -0.3 is 33.8 Å². The maximum absolute atomic E-state index is 14.5. The van der Waals surface area contributed by atoms with Crippen molar-refractivity contribution >= 4 is 5.91 Å². The van der Waals surface area contributed by atoms with Crippen molar-refractivity contribution in [3.05, 3.63) is 72.3 Å². The van der Waals surface area contributed by atoms with Gasteiger partial charge in [-0.25, -0.2) is 9.37 Å². The Hall–Kier alpha value is -4.13. The number of aryl methyl sites for hydroxylation is 1. The number of imidazole rings is 1. The molecular formula is C33H39FN6O5. The topological polar surface area (TPSA) is 128 Å². The largest absolute Gasteiger partial charge is 0.493 e. The third kappa shape index (κ3) is 6.49. The monoisotopic (exact) mass is 618 g/mol. The molecule has 45 heavy (non-hydrogen) atoms. The van der Waals surface area contributed by atoms with E-state index in [9.17, 15) is 14.3 Å². The number of halogens is 1. The van der Waals surface area contributed by atoms with Crippen LogP contribution in [0.5, 0.6) is 5.75 Å². The predicted molar refractivity (Wildman–Crippen MR) is 164 cm³/mol. The molecule has 2 aromatic carbocycles. The molecule has 4 aromatic rings. The van der Waals surface area contributed by atoms with Gasteiger partial charge in [-0.1, -0.05) is 43.2 Å². The Morgan fingerprint density at radius 2 is 2.04 bits per heavy atom. The molecule has 2 aliphatic rings. The van der Waals surface area contributed by atoms with E-state index in [2.05, 4.69) is 15.5 Å². The quantitative estimate of drug-likeness (QED) is 0.265. The van der Waals surface area contributed by atoms with Crippen LogP contribution in [0.3, 0.4) is 0 Å². The van der Waals surface area contributed by atoms with Crippen molar-refractivity contribution in [2.75, 3.05) is 40.0 Å². The third-order valence-electron chi connectivity index (χ3n) is 8.76. The lowest BCUT2D eigenvalue weighted by molar-refractivity contribution is -0.0893. The summed E-state index contributed by atoms with van der Waals surface area (Å²) in [5, 5.41) is 22.7. The predicted octanol–water partition coefficient (Wildman–Crippen LogP) is 4.42. The second-order valence-electron chi connectivity index (χ2n) is 11.8. The van der Waals surface area contributed by atoms with Crippen LogP contribution < -0.4 is 10.1 Å². The van der Waals surface area contributed by atoms with Gasteiger partial charge in [-0.15, -0.1) is 10.2 Å². The summed E-state index contributed by atoms with van der Waals surface area (Å²) < 4.78 is 33.3. The molecule has 12 heteroatoms. The van der Waals surface area contributed by atoms with Crippen molar-refractivity contribution < 1.29 is 28.2 Å². The molecular weight excluding hydrogens is 579 g/mol. The summed E-state index contributed by atoms with van der Waals surface area (Å²) in [5.74, 6) is 0.244. The summed E-state index contributed by atoms with van der Waals surface area (Å²) in [6.45, 7) is 3.92. The van der Waals surface area contributed by atoms with Crippen LogP contribution in [0.15, 0.2) is 59.3 Å². The first-order chi connectivity index (χ1) is 21.9. The van der Waals surface area contributed by atoms with Crippen LogP contribution in [-0.2, 0) is 4.74 Å². The molecule has 1 saturated heterocycles. The second-order valence-corrected chi connectivity index (χ2v) is 11.8. The number of ether oxygens (including phenoxy) is 2. The zero-order chi connectivity index (χ0) is 31.4. The van der Waals surface area contributed by atoms with Crippen LogP contribution in [0.1, 0.15) is 54.5 Å². The second kappa shape index (κ2) is 13.5. The molecule has 3 atom stereocenters. The van der Waals surface area contributed by atoms with E-state index < -0.39 is 11.4 Å². The number of aromatic nitrogens is 4. The zero-order valence-electron chi connectivity index (χ0n) is 25.6. The highest BCUT2D eigenvalue weighted by atomic mass is 19.1. The number of benzene rings is 2. The number of hydrogen-bond donors (Lipinski definition) is 2. The molecule has 1 aliphatic heterocycles. The minimum Gasteiger partial charge on any atom is -0.493 e. The van der Waals surface area contributed by atoms with Crippen LogP contribution in [0, 0.1) is 12.7 Å². The molecule has 0 bridgehead atoms. The minimum absolute atomic E-state index is 0.0891. The standard InChI is InChI=1S/C33H39FN6O5/c1-22-37-38-31(45-22)26-18-25(11-12-27(26)34)44-17-13-24-19-35-15-16-39(24)32(41)29-30(23-8-4-3-5-9-23)40(21-36-29)28-10-6-7-14-33(28,42)20-43-2/h3-5,8-9,11-12,18,21,24,28,35,42H,6-7,10,13-17,19-20H2,1-2H3/t24-,28-,33-/m1/s1. The van der Waals surface area contributed by atoms with E-state index in [1.165, 1.54) is 6.07 Å². The lowest BCUT2D eigenvalue weighted by Crippen LogP contribution is -2.54. The van der Waals surface area contributed by atoms with Crippen LogP contribution in [0.4, 0.5) is 4.39 Å². The summed E-state index contributed by atoms with van der Waals surface area (Å²) in [4.78, 5) is 20.8. The highest BCUT2D eigenvalue weighted by Gasteiger charge is 2.42. The van der Waals surface area contributed by atoms with Crippen LogP contribution >= 0.6 is 0 Å². The lowest BCUT2D eigenvalue weighted by Gasteiger charge is -2.41. The summed E-state index contributed by atoms with van der Waals surface area (Å²) >= 11 is 0. The van der Waals surface area contributed by atoms with Crippen molar-refractivity contribution in [3.8, 4) is 28.5 Å². The first-order valence-corrected chi connectivity index (χ1v) is 15.5. The molecule has 0 radical (unpaired) electrons. The fourth-order valence-corrected chi connectivity index (χ4v) is 6.55. The molecule has 0 spiro atoms. The van der Waals surface area contributed by atoms with Gasteiger partial charge in [0, 0.05) is 51.7 Å². The van der Waals surface area contributed by atoms with E-state index >= 15 is 0 Å². The smallest absolute Gasteiger partial charge is 0.275 e. The van der Waals surface area contributed by atoms with E-state index in [0.717, 1.165) is 24.8 Å². The van der Waals surface area contributed by atoms with Crippen LogP contribution in [-0.4, -0.2) is 87.3 Å². The van der Waals surface area contributed by atoms with Gasteiger partial charge in [-0.2, -0.15) is 0 Å². The molecule has 2 aromatic heterocycles. The maximum Gasteiger partial charge on any atom is 0.275 e. The Labute approximate surface area is 261 Å². The number of piperazine rings is 1. The first kappa shape index (κ1) is 30.9. The van der Waals surface area contributed by atoms with Gasteiger partial charge >= 0.3 is 0 Å². The number of rotatable bonds is 10. The molecule has 2 fully saturated rings. The number of nitrogens with zero attached hydrogens (tertiary/aromatic N) is 5. The van der Waals surface area contributed by atoms with Gasteiger partial charge in [0.05, 0.1) is 36.8 Å². The van der Waals surface area contributed by atoms with Crippen molar-refractivity contribution in [1.82, 2.24) is 30.0 Å². The fraction of sp³-hybridized carbons (Fsp3) is 0.455. The first-order valence-electron chi connectivity index (χ1n) is 15.5. The Kier molecular flexibility index (Phi) is 9.24. The van der Waals surface area contributed by atoms with Crippen molar-refractivity contribution in [2.45, 2.75) is 56.7 Å². The van der Waals surface area contributed by atoms with Gasteiger partial charge in [0.2, 0.25) is 5.89 Å². The maximum atomic E-state index is 14.5. The number of nitrogens with one attached hydrogen (secondary N) is 1. The number of amides is 1. The van der Waals surface area contributed by atoms with Gasteiger partial charge in [0.1, 0.15) is 17.2 Å². The molecule has 238 valence electrons. The average Bonchev–Trinajstić information content (AvgIpc) is 3.69. The van der Waals surface area contributed by atoms with Gasteiger partial charge in [-0.3, -0.25) is 4.79 Å². The summed E-state index contributed by atoms with van der Waals surface area (Å²) in [7, 11) is 1.60. The molecule has 11 nitrogen and oxygen atoms in total. The lowest BCUT2D eigenvalue weighted by atomic mass is 9.80. The van der Waals surface area contributed by atoms with E-state index in [0.29, 0.717) is 62.1 Å². The molecule has 1 saturated carbocycles. The number of hydrogen-bond acceptors (Lipinski definition) is 9. The third-order valence-corrected chi connectivity index (χ3v) is 8.76. The van der Waals surface area contributed by atoms with E-state index in [4.69, 9.17) is 18.9 Å². The average molecular weight is 619 g/mol. The summed E-state index contributed by atoms with van der Waals surface area (Å²) in [6, 6.07) is 13.7. The number of aliphatic hydroxyl groups is 1. The Morgan fingerprint density at radius 3 is 2.82 bits per heavy atom. The normalized spacial score (nSPS) is 22.0. The fourth-order valence-electron chi connectivity index (χ4n) is 6.55. The molecule has 0 unspecified atom stereocenters. The summed E-state index contributed by atoms with van der Waals surface area (Å²) in [6.07, 6.45) is 5.50. The van der Waals surface area contributed by atoms with Gasteiger partial charge in [-0.05, 0) is 31.0 Å². The Balaban J connectivity index is 1.23. The van der Waals surface area contributed by atoms with Crippen molar-refractivity contribution in [1.29, 1.82) is 0 Å². The van der Waals surface area contributed by atoms with Crippen LogP contribution in [0.2, 0.25) is 0 Å². The Bertz CT molecular complexity index is 1610. The SMILES string of the molecule is COC[C@]1(O)CCCC[C@H]1n1cnc(C(=O)N2CCNC[C@H]2CCOc2ccc(F)c(-c3nnc(C)o3)c2)c1-c1ccccc1. The van der Waals surface area contributed by atoms with Gasteiger partial charge in [0.15, 0.2) is 5.69 Å². The number of carbonyl (C=O) groups excluding carboxylic acids is 1. The van der Waals surface area contributed by atoms with Gasteiger partial charge in [0.25, 0.3) is 11.8 Å². The van der Waals surface area contributed by atoms with Crippen LogP contribution in [0.25, 0.3) is 22.7 Å². The van der Waals surface area contributed by atoms with E-state index in [1.807, 2.05) is 39.8 Å².